The van der Waals surface area contributed by atoms with Gasteiger partial charge in [0.2, 0.25) is 5.91 Å². The van der Waals surface area contributed by atoms with Crippen LogP contribution in [0.1, 0.15) is 29.3 Å². The van der Waals surface area contributed by atoms with Crippen molar-refractivity contribution in [3.8, 4) is 0 Å². The van der Waals surface area contributed by atoms with Crippen LogP contribution in [0.3, 0.4) is 0 Å². The number of thiazole rings is 1. The van der Waals surface area contributed by atoms with Crippen molar-refractivity contribution in [1.82, 2.24) is 15.2 Å². The lowest BCUT2D eigenvalue weighted by Crippen LogP contribution is -2.40. The Morgan fingerprint density at radius 1 is 1.50 bits per heavy atom. The second-order valence-electron chi connectivity index (χ2n) is 6.01. The van der Waals surface area contributed by atoms with Crippen LogP contribution in [0, 0.1) is 5.92 Å². The van der Waals surface area contributed by atoms with Gasteiger partial charge in [0.1, 0.15) is 10.8 Å². The maximum Gasteiger partial charge on any atom is 0.223 e. The number of nitrogens with one attached hydrogen (secondary N) is 1. The quantitative estimate of drug-likeness (QED) is 0.817. The highest BCUT2D eigenvalue weighted by atomic mass is 32.2. The summed E-state index contributed by atoms with van der Waals surface area (Å²) >= 11 is 3.43. The number of carbonyl (C=O) groups is 1. The third-order valence-corrected chi connectivity index (χ3v) is 5.87. The molecule has 1 fully saturated rings. The summed E-state index contributed by atoms with van der Waals surface area (Å²) in [6, 6.07) is 3.91. The van der Waals surface area contributed by atoms with Gasteiger partial charge in [-0.1, -0.05) is 0 Å². The van der Waals surface area contributed by atoms with E-state index < -0.39 is 0 Å². The molecule has 0 unspecified atom stereocenters. The molecular formula is C17H23N3O2S2. The molecule has 1 N–H and O–H groups in total. The van der Waals surface area contributed by atoms with Crippen LogP contribution in [0.5, 0.6) is 0 Å². The van der Waals surface area contributed by atoms with Crippen molar-refractivity contribution in [3.05, 3.63) is 40.2 Å². The number of carbonyl (C=O) groups excluding carboxylic acids is 1. The molecule has 0 aliphatic carbocycles. The predicted molar refractivity (Wildman–Crippen MR) is 97.9 cm³/mol. The van der Waals surface area contributed by atoms with Gasteiger partial charge >= 0.3 is 0 Å². The van der Waals surface area contributed by atoms with Gasteiger partial charge in [0, 0.05) is 17.1 Å². The van der Waals surface area contributed by atoms with Crippen LogP contribution in [-0.2, 0) is 23.6 Å². The lowest BCUT2D eigenvalue weighted by Gasteiger charge is -2.30. The van der Waals surface area contributed by atoms with Crippen LogP contribution >= 0.6 is 23.1 Å². The summed E-state index contributed by atoms with van der Waals surface area (Å²) in [5.41, 5.74) is 0.965. The molecule has 1 amide bonds. The summed E-state index contributed by atoms with van der Waals surface area (Å²) in [5.74, 6) is 2.20. The summed E-state index contributed by atoms with van der Waals surface area (Å²) in [5, 5.41) is 6.21. The van der Waals surface area contributed by atoms with E-state index in [4.69, 9.17) is 4.42 Å². The van der Waals surface area contributed by atoms with Crippen molar-refractivity contribution < 1.29 is 9.21 Å². The Labute approximate surface area is 150 Å². The van der Waals surface area contributed by atoms with E-state index in [-0.39, 0.29) is 11.8 Å². The molecule has 0 radical (unpaired) electrons. The zero-order valence-electron chi connectivity index (χ0n) is 13.9. The molecule has 3 rings (SSSR count). The van der Waals surface area contributed by atoms with E-state index in [1.54, 1.807) is 29.4 Å². The minimum Gasteiger partial charge on any atom is -0.468 e. The van der Waals surface area contributed by atoms with Crippen LogP contribution in [0.25, 0.3) is 0 Å². The molecule has 0 aromatic carbocycles. The minimum atomic E-state index is 0.113. The minimum absolute atomic E-state index is 0.113. The molecular weight excluding hydrogens is 342 g/mol. The normalized spacial score (nSPS) is 16.4. The number of hydrogen-bond donors (Lipinski definition) is 1. The van der Waals surface area contributed by atoms with Gasteiger partial charge in [-0.25, -0.2) is 4.98 Å². The number of hydrogen-bond acceptors (Lipinski definition) is 6. The van der Waals surface area contributed by atoms with Crippen molar-refractivity contribution in [1.29, 1.82) is 0 Å². The van der Waals surface area contributed by atoms with Gasteiger partial charge in [-0.15, -0.1) is 11.3 Å². The Morgan fingerprint density at radius 3 is 3.04 bits per heavy atom. The fourth-order valence-electron chi connectivity index (χ4n) is 2.92. The van der Waals surface area contributed by atoms with Gasteiger partial charge in [0.05, 0.1) is 25.0 Å². The Balaban J connectivity index is 1.40. The van der Waals surface area contributed by atoms with Crippen LogP contribution in [-0.4, -0.2) is 35.1 Å². The fraction of sp³-hybridized carbons (Fsp3) is 0.529. The lowest BCUT2D eigenvalue weighted by atomic mass is 9.96. The van der Waals surface area contributed by atoms with E-state index in [2.05, 4.69) is 21.5 Å². The Hall–Kier alpha value is -1.31. The molecule has 3 heterocycles. The Morgan fingerprint density at radius 2 is 2.33 bits per heavy atom. The lowest BCUT2D eigenvalue weighted by molar-refractivity contribution is -0.126. The number of likely N-dealkylation sites (tertiary alicyclic amines) is 1. The molecule has 0 bridgehead atoms. The van der Waals surface area contributed by atoms with E-state index in [9.17, 15) is 4.79 Å². The second-order valence-corrected chi connectivity index (χ2v) is 7.82. The van der Waals surface area contributed by atoms with Gasteiger partial charge in [0.25, 0.3) is 0 Å². The van der Waals surface area contributed by atoms with Crippen molar-refractivity contribution in [2.24, 2.45) is 5.92 Å². The van der Waals surface area contributed by atoms with E-state index in [1.165, 1.54) is 0 Å². The van der Waals surface area contributed by atoms with Gasteiger partial charge < -0.3 is 9.73 Å². The van der Waals surface area contributed by atoms with E-state index in [0.29, 0.717) is 6.54 Å². The average Bonchev–Trinajstić information content (AvgIpc) is 3.26. The first-order valence-corrected chi connectivity index (χ1v) is 10.5. The van der Waals surface area contributed by atoms with Crippen molar-refractivity contribution in [2.45, 2.75) is 31.7 Å². The molecule has 130 valence electrons. The molecule has 2 aromatic rings. The first kappa shape index (κ1) is 17.5. The molecule has 0 atom stereocenters. The molecule has 1 aliphatic rings. The van der Waals surface area contributed by atoms with Crippen LogP contribution in [0.4, 0.5) is 0 Å². The molecule has 24 heavy (non-hydrogen) atoms. The second kappa shape index (κ2) is 8.69. The smallest absolute Gasteiger partial charge is 0.223 e. The molecule has 0 spiro atoms. The van der Waals surface area contributed by atoms with E-state index in [0.717, 1.165) is 54.7 Å². The third-order valence-electron chi connectivity index (χ3n) is 4.23. The first-order valence-electron chi connectivity index (χ1n) is 8.19. The Bertz CT molecular complexity index is 634. The van der Waals surface area contributed by atoms with Crippen molar-refractivity contribution in [3.63, 3.8) is 0 Å². The summed E-state index contributed by atoms with van der Waals surface area (Å²) in [6.07, 6.45) is 5.59. The number of piperidine rings is 1. The largest absolute Gasteiger partial charge is 0.468 e. The number of aromatic nitrogens is 1. The molecule has 0 saturated carbocycles. The van der Waals surface area contributed by atoms with Crippen molar-refractivity contribution >= 4 is 29.0 Å². The number of rotatable bonds is 7. The summed E-state index contributed by atoms with van der Waals surface area (Å²) in [6.45, 7) is 3.25. The maximum absolute atomic E-state index is 12.4. The number of thioether (sulfide) groups is 1. The number of nitrogens with zero attached hydrogens (tertiary/aromatic N) is 2. The SMILES string of the molecule is CSCc1nc(CNC(=O)C2CCN(Cc3ccco3)CC2)cs1. The fourth-order valence-corrected chi connectivity index (χ4v) is 4.43. The van der Waals surface area contributed by atoms with Gasteiger partial charge in [-0.3, -0.25) is 9.69 Å². The first-order chi connectivity index (χ1) is 11.7. The van der Waals surface area contributed by atoms with Crippen molar-refractivity contribution in [2.75, 3.05) is 19.3 Å². The summed E-state index contributed by atoms with van der Waals surface area (Å²) < 4.78 is 5.39. The maximum atomic E-state index is 12.4. The van der Waals surface area contributed by atoms with E-state index in [1.807, 2.05) is 17.5 Å². The highest BCUT2D eigenvalue weighted by Gasteiger charge is 2.25. The van der Waals surface area contributed by atoms with Crippen LogP contribution in [0.15, 0.2) is 28.2 Å². The molecule has 1 aliphatic heterocycles. The zero-order valence-corrected chi connectivity index (χ0v) is 15.5. The molecule has 2 aromatic heterocycles. The highest BCUT2D eigenvalue weighted by Crippen LogP contribution is 2.20. The zero-order chi connectivity index (χ0) is 16.8. The van der Waals surface area contributed by atoms with Gasteiger partial charge in [-0.2, -0.15) is 11.8 Å². The number of furan rings is 1. The third kappa shape index (κ3) is 4.84. The standard InChI is InChI=1S/C17H23N3O2S2/c1-23-12-16-19-14(11-24-16)9-18-17(21)13-4-6-20(7-5-13)10-15-3-2-8-22-15/h2-3,8,11,13H,4-7,9-10,12H2,1H3,(H,18,21). The Kier molecular flexibility index (Phi) is 6.34. The summed E-state index contributed by atoms with van der Waals surface area (Å²) in [4.78, 5) is 19.2. The van der Waals surface area contributed by atoms with Crippen LogP contribution < -0.4 is 5.32 Å². The molecule has 1 saturated heterocycles. The topological polar surface area (TPSA) is 58.4 Å². The molecule has 7 heteroatoms. The van der Waals surface area contributed by atoms with Gasteiger partial charge in [-0.05, 0) is 44.3 Å². The predicted octanol–water partition coefficient (Wildman–Crippen LogP) is 3.13. The summed E-state index contributed by atoms with van der Waals surface area (Å²) in [7, 11) is 0. The van der Waals surface area contributed by atoms with Crippen LogP contribution in [0.2, 0.25) is 0 Å². The van der Waals surface area contributed by atoms with E-state index >= 15 is 0 Å². The highest BCUT2D eigenvalue weighted by molar-refractivity contribution is 7.97. The average molecular weight is 366 g/mol. The number of amides is 1. The monoisotopic (exact) mass is 365 g/mol. The molecule has 5 nitrogen and oxygen atoms in total. The van der Waals surface area contributed by atoms with Gasteiger partial charge in [0.15, 0.2) is 0 Å².